The molecule has 0 saturated carbocycles. The number of thioether (sulfide) groups is 1. The monoisotopic (exact) mass is 452 g/mol. The second kappa shape index (κ2) is 19.0. The first-order chi connectivity index (χ1) is 14.4. The lowest BCUT2D eigenvalue weighted by atomic mass is 10.0. The first kappa shape index (κ1) is 30.2. The molecule has 4 nitrogen and oxygen atoms in total. The topological polar surface area (TPSA) is 53.4 Å². The maximum Gasteiger partial charge on any atom is 0.269 e. The minimum absolute atomic E-state index is 0.0878. The molecule has 0 aromatic carbocycles. The summed E-state index contributed by atoms with van der Waals surface area (Å²) in [5.41, 5.74) is 0.686. The number of rotatable bonds is 9. The van der Waals surface area contributed by atoms with E-state index in [0.717, 1.165) is 18.5 Å². The lowest BCUT2D eigenvalue weighted by molar-refractivity contribution is -0.121. The lowest BCUT2D eigenvalue weighted by Crippen LogP contribution is -2.30. The third-order valence-electron chi connectivity index (χ3n) is 3.74. The number of amides is 1. The van der Waals surface area contributed by atoms with Gasteiger partial charge in [-0.3, -0.25) is 15.1 Å². The molecule has 0 radical (unpaired) electrons. The van der Waals surface area contributed by atoms with Crippen LogP contribution in [-0.2, 0) is 9.53 Å². The lowest BCUT2D eigenvalue weighted by Gasteiger charge is -2.24. The molecule has 0 saturated heterocycles. The van der Waals surface area contributed by atoms with Crippen molar-refractivity contribution in [2.75, 3.05) is 12.9 Å². The minimum atomic E-state index is -0.194. The van der Waals surface area contributed by atoms with Crippen LogP contribution in [0.15, 0.2) is 72.1 Å². The maximum atomic E-state index is 12.9. The number of nitrogens with one attached hydrogen (secondary N) is 1. The summed E-state index contributed by atoms with van der Waals surface area (Å²) in [6, 6.07) is 0. The van der Waals surface area contributed by atoms with Gasteiger partial charge in [-0.15, -0.1) is 36.5 Å². The van der Waals surface area contributed by atoms with Crippen molar-refractivity contribution in [1.29, 1.82) is 5.41 Å². The van der Waals surface area contributed by atoms with E-state index in [-0.39, 0.29) is 17.2 Å². The van der Waals surface area contributed by atoms with Gasteiger partial charge in [-0.05, 0) is 31.4 Å². The van der Waals surface area contributed by atoms with Crippen LogP contribution >= 0.6 is 23.4 Å². The highest BCUT2D eigenvalue weighted by Crippen LogP contribution is 2.26. The van der Waals surface area contributed by atoms with Crippen LogP contribution < -0.4 is 0 Å². The van der Waals surface area contributed by atoms with Crippen LogP contribution in [-0.4, -0.2) is 35.4 Å². The molecule has 1 aliphatic carbocycles. The van der Waals surface area contributed by atoms with Crippen LogP contribution in [0, 0.1) is 11.3 Å². The Balaban J connectivity index is 0. The van der Waals surface area contributed by atoms with Crippen LogP contribution in [0.1, 0.15) is 41.0 Å². The number of allylic oxidation sites excluding steroid dienone is 7. The summed E-state index contributed by atoms with van der Waals surface area (Å²) in [6.07, 6.45) is 15.0. The number of ether oxygens (including phenoxy) is 1. The van der Waals surface area contributed by atoms with E-state index in [2.05, 4.69) is 13.2 Å². The Morgan fingerprint density at radius 1 is 1.40 bits per heavy atom. The van der Waals surface area contributed by atoms with Gasteiger partial charge in [0, 0.05) is 11.4 Å². The summed E-state index contributed by atoms with van der Waals surface area (Å²) >= 11 is 7.63. The van der Waals surface area contributed by atoms with Gasteiger partial charge >= 0.3 is 0 Å². The van der Waals surface area contributed by atoms with Crippen molar-refractivity contribution in [1.82, 2.24) is 4.90 Å². The highest BCUT2D eigenvalue weighted by atomic mass is 35.5. The van der Waals surface area contributed by atoms with Gasteiger partial charge in [-0.1, -0.05) is 58.1 Å². The van der Waals surface area contributed by atoms with Gasteiger partial charge in [-0.25, -0.2) is 0 Å². The Hall–Kier alpha value is -1.98. The molecule has 0 fully saturated rings. The van der Waals surface area contributed by atoms with Crippen molar-refractivity contribution in [3.8, 4) is 0 Å². The summed E-state index contributed by atoms with van der Waals surface area (Å²) in [5, 5.41) is 7.59. The molecule has 168 valence electrons. The normalized spacial score (nSPS) is 18.4. The van der Waals surface area contributed by atoms with Crippen LogP contribution in [0.4, 0.5) is 0 Å². The van der Waals surface area contributed by atoms with Crippen LogP contribution in [0.25, 0.3) is 0 Å². The number of carbonyl (C=O) groups is 1. The SMILES string of the molecule is C=C.CC.CC/C=C(\SC/C=C\C=C(/C)OC)C(=O)N(C=N)C1=CC(C)C(Cl)C=C1. The molecule has 2 atom stereocenters. The second-order valence-corrected chi connectivity index (χ2v) is 7.32. The number of halogens is 1. The molecule has 0 aliphatic heterocycles. The summed E-state index contributed by atoms with van der Waals surface area (Å²) in [5.74, 6) is 1.40. The van der Waals surface area contributed by atoms with Crippen LogP contribution in [0.3, 0.4) is 0 Å². The zero-order valence-corrected chi connectivity index (χ0v) is 20.7. The molecule has 1 amide bonds. The maximum absolute atomic E-state index is 12.9. The fourth-order valence-electron chi connectivity index (χ4n) is 2.17. The Morgan fingerprint density at radius 3 is 2.53 bits per heavy atom. The number of methoxy groups -OCH3 is 1. The van der Waals surface area contributed by atoms with E-state index in [1.807, 2.05) is 71.1 Å². The van der Waals surface area contributed by atoms with Gasteiger partial charge in [0.15, 0.2) is 0 Å². The fraction of sp³-hybridized carbons (Fsp3) is 0.417. The molecular weight excluding hydrogens is 416 g/mol. The van der Waals surface area contributed by atoms with Crippen molar-refractivity contribution in [3.63, 3.8) is 0 Å². The Morgan fingerprint density at radius 2 is 2.03 bits per heavy atom. The number of hydrogen-bond acceptors (Lipinski definition) is 4. The third-order valence-corrected chi connectivity index (χ3v) is 5.29. The average molecular weight is 453 g/mol. The molecule has 0 aromatic heterocycles. The molecule has 6 heteroatoms. The van der Waals surface area contributed by atoms with Crippen molar-refractivity contribution in [3.05, 3.63) is 72.1 Å². The van der Waals surface area contributed by atoms with Gasteiger partial charge in [0.1, 0.15) is 0 Å². The molecular formula is C24H37ClN2O2S. The van der Waals surface area contributed by atoms with Crippen molar-refractivity contribution >= 4 is 35.6 Å². The van der Waals surface area contributed by atoms with E-state index in [9.17, 15) is 4.79 Å². The van der Waals surface area contributed by atoms with Crippen molar-refractivity contribution in [2.45, 2.75) is 46.4 Å². The smallest absolute Gasteiger partial charge is 0.269 e. The first-order valence-corrected chi connectivity index (χ1v) is 11.4. The highest BCUT2D eigenvalue weighted by Gasteiger charge is 2.23. The molecule has 0 spiro atoms. The van der Waals surface area contributed by atoms with Gasteiger partial charge in [0.2, 0.25) is 0 Å². The zero-order chi connectivity index (χ0) is 23.5. The van der Waals surface area contributed by atoms with E-state index in [1.165, 1.54) is 16.7 Å². The first-order valence-electron chi connectivity index (χ1n) is 10.0. The number of alkyl halides is 1. The minimum Gasteiger partial charge on any atom is -0.501 e. The molecule has 0 heterocycles. The van der Waals surface area contributed by atoms with Gasteiger partial charge in [0.25, 0.3) is 5.91 Å². The van der Waals surface area contributed by atoms with E-state index >= 15 is 0 Å². The number of hydrogen-bond donors (Lipinski definition) is 1. The van der Waals surface area contributed by atoms with Crippen molar-refractivity contribution < 1.29 is 9.53 Å². The van der Waals surface area contributed by atoms with Gasteiger partial charge in [-0.2, -0.15) is 0 Å². The third kappa shape index (κ3) is 11.3. The van der Waals surface area contributed by atoms with E-state index in [4.69, 9.17) is 21.7 Å². The van der Waals surface area contributed by atoms with Crippen LogP contribution in [0.5, 0.6) is 0 Å². The predicted octanol–water partition coefficient (Wildman–Crippen LogP) is 7.08. The van der Waals surface area contributed by atoms with E-state index < -0.39 is 0 Å². The van der Waals surface area contributed by atoms with Gasteiger partial charge in [0.05, 0.1) is 29.5 Å². The van der Waals surface area contributed by atoms with E-state index in [1.54, 1.807) is 13.2 Å². The van der Waals surface area contributed by atoms with Crippen molar-refractivity contribution in [2.24, 2.45) is 5.92 Å². The summed E-state index contributed by atoms with van der Waals surface area (Å²) in [6.45, 7) is 15.9. The largest absolute Gasteiger partial charge is 0.501 e. The molecule has 1 aliphatic rings. The number of carbonyl (C=O) groups excluding carboxylic acids is 1. The molecule has 1 N–H and O–H groups in total. The quantitative estimate of drug-likeness (QED) is 0.0772. The fourth-order valence-corrected chi connectivity index (χ4v) is 3.21. The average Bonchev–Trinajstić information content (AvgIpc) is 2.78. The predicted molar refractivity (Wildman–Crippen MR) is 135 cm³/mol. The van der Waals surface area contributed by atoms with E-state index in [0.29, 0.717) is 16.4 Å². The second-order valence-electron chi connectivity index (χ2n) is 5.76. The molecule has 0 aromatic rings. The summed E-state index contributed by atoms with van der Waals surface area (Å²) < 4.78 is 5.07. The number of nitrogens with zero attached hydrogens (tertiary/aromatic N) is 1. The Labute approximate surface area is 192 Å². The molecule has 1 rings (SSSR count). The summed E-state index contributed by atoms with van der Waals surface area (Å²) in [7, 11) is 1.63. The summed E-state index contributed by atoms with van der Waals surface area (Å²) in [4.78, 5) is 14.9. The highest BCUT2D eigenvalue weighted by molar-refractivity contribution is 8.04. The standard InChI is InChI=1S/C20H27ClN2O2S.C2H6.C2H4/c1-5-8-19(26-12-7-6-9-16(3)25-4)20(24)23(14-22)17-10-11-18(21)15(2)13-17;2*1-2/h6-11,13-15,18,22H,5,12H2,1-4H3;1-2H3;1-2H2/b7-6-,16-9+,19-8-,22-14?;;. The zero-order valence-electron chi connectivity index (χ0n) is 19.2. The van der Waals surface area contributed by atoms with Gasteiger partial charge < -0.3 is 4.74 Å². The molecule has 30 heavy (non-hydrogen) atoms. The Kier molecular flexibility index (Phi) is 19.1. The van der Waals surface area contributed by atoms with Crippen LogP contribution in [0.2, 0.25) is 0 Å². The molecule has 0 bridgehead atoms. The molecule has 2 unspecified atom stereocenters. The Bertz CT molecular complexity index is 666.